The molecule has 0 radical (unpaired) electrons. The lowest BCUT2D eigenvalue weighted by Gasteiger charge is -2.27. The molecule has 0 saturated heterocycles. The van der Waals surface area contributed by atoms with Gasteiger partial charge in [0.2, 0.25) is 0 Å². The molecule has 0 aromatic heterocycles. The first kappa shape index (κ1) is 14.3. The summed E-state index contributed by atoms with van der Waals surface area (Å²) >= 11 is 0. The van der Waals surface area contributed by atoms with Crippen LogP contribution in [-0.4, -0.2) is 24.4 Å². The molecule has 0 spiro atoms. The lowest BCUT2D eigenvalue weighted by Crippen LogP contribution is -2.37. The predicted octanol–water partition coefficient (Wildman–Crippen LogP) is 2.35. The number of hydrogen-bond donors (Lipinski definition) is 1. The van der Waals surface area contributed by atoms with E-state index in [1.807, 2.05) is 19.9 Å². The van der Waals surface area contributed by atoms with Crippen molar-refractivity contribution in [2.45, 2.75) is 26.4 Å². The monoisotopic (exact) mass is 249 g/mol. The summed E-state index contributed by atoms with van der Waals surface area (Å²) in [4.78, 5) is 0. The third-order valence-electron chi connectivity index (χ3n) is 3.02. The number of nitrogens with zero attached hydrogens (tertiary/aromatic N) is 1. The summed E-state index contributed by atoms with van der Waals surface area (Å²) < 4.78 is 10.6. The van der Waals surface area contributed by atoms with Gasteiger partial charge in [-0.25, -0.2) is 0 Å². The largest absolute Gasteiger partial charge is 0.497 e. The van der Waals surface area contributed by atoms with E-state index in [4.69, 9.17) is 14.7 Å². The van der Waals surface area contributed by atoms with E-state index in [1.165, 1.54) is 7.11 Å². The van der Waals surface area contributed by atoms with Crippen LogP contribution >= 0.6 is 0 Å². The Morgan fingerprint density at radius 3 is 2.44 bits per heavy atom. The van der Waals surface area contributed by atoms with Gasteiger partial charge in [-0.2, -0.15) is 5.26 Å². The van der Waals surface area contributed by atoms with Crippen molar-refractivity contribution in [2.75, 3.05) is 13.7 Å². The highest BCUT2D eigenvalue weighted by Crippen LogP contribution is 2.24. The maximum atomic E-state index is 10.1. The Labute approximate surface area is 108 Å². The molecule has 0 amide bonds. The second-order valence-electron chi connectivity index (χ2n) is 4.81. The van der Waals surface area contributed by atoms with Gasteiger partial charge in [-0.3, -0.25) is 0 Å². The van der Waals surface area contributed by atoms with Gasteiger partial charge in [0.15, 0.2) is 0 Å². The number of benzene rings is 1. The lowest BCUT2D eigenvalue weighted by atomic mass is 9.94. The minimum absolute atomic E-state index is 0.0820. The van der Waals surface area contributed by atoms with E-state index in [-0.39, 0.29) is 12.5 Å². The zero-order valence-corrected chi connectivity index (χ0v) is 11.2. The van der Waals surface area contributed by atoms with Crippen LogP contribution in [0.2, 0.25) is 0 Å². The minimum Gasteiger partial charge on any atom is -0.497 e. The van der Waals surface area contributed by atoms with Crippen molar-refractivity contribution in [2.24, 2.45) is 5.92 Å². The van der Waals surface area contributed by atoms with Crippen LogP contribution < -0.4 is 9.47 Å². The molecular formula is C14H19NO3. The lowest BCUT2D eigenvalue weighted by molar-refractivity contribution is -0.0267. The Kier molecular flexibility index (Phi) is 4.57. The van der Waals surface area contributed by atoms with Crippen molar-refractivity contribution in [1.82, 2.24) is 0 Å². The van der Waals surface area contributed by atoms with Gasteiger partial charge in [-0.1, -0.05) is 13.8 Å². The molecule has 1 unspecified atom stereocenters. The first-order valence-corrected chi connectivity index (χ1v) is 5.83. The van der Waals surface area contributed by atoms with E-state index in [9.17, 15) is 5.11 Å². The first-order chi connectivity index (χ1) is 8.39. The Hall–Kier alpha value is -1.73. The number of hydrogen-bond acceptors (Lipinski definition) is 4. The van der Waals surface area contributed by atoms with Gasteiger partial charge in [0.25, 0.3) is 0 Å². The molecule has 1 aromatic carbocycles. The molecule has 4 heteroatoms. The molecule has 0 bridgehead atoms. The first-order valence-electron chi connectivity index (χ1n) is 5.83. The Bertz CT molecular complexity index is 447. The van der Waals surface area contributed by atoms with Crippen LogP contribution in [0.25, 0.3) is 0 Å². The second kappa shape index (κ2) is 5.74. The van der Waals surface area contributed by atoms with Gasteiger partial charge >= 0.3 is 0 Å². The number of aliphatic hydroxyl groups is 1. The van der Waals surface area contributed by atoms with Crippen molar-refractivity contribution < 1.29 is 14.6 Å². The summed E-state index contributed by atoms with van der Waals surface area (Å²) in [7, 11) is 1.53. The third-order valence-corrected chi connectivity index (χ3v) is 3.02. The van der Waals surface area contributed by atoms with Crippen molar-refractivity contribution in [3.8, 4) is 17.6 Å². The van der Waals surface area contributed by atoms with Gasteiger partial charge in [-0.05, 0) is 25.0 Å². The van der Waals surface area contributed by atoms with Crippen LogP contribution in [0.4, 0.5) is 0 Å². The van der Waals surface area contributed by atoms with Crippen molar-refractivity contribution >= 4 is 0 Å². The highest BCUT2D eigenvalue weighted by atomic mass is 16.5. The van der Waals surface area contributed by atoms with Gasteiger partial charge in [-0.15, -0.1) is 0 Å². The van der Waals surface area contributed by atoms with E-state index in [0.29, 0.717) is 17.1 Å². The van der Waals surface area contributed by atoms with Gasteiger partial charge in [0.05, 0.1) is 24.3 Å². The zero-order chi connectivity index (χ0) is 13.8. The number of methoxy groups -OCH3 is 1. The summed E-state index contributed by atoms with van der Waals surface area (Å²) in [6.45, 7) is 5.75. The fourth-order valence-electron chi connectivity index (χ4n) is 1.23. The number of rotatable bonds is 5. The summed E-state index contributed by atoms with van der Waals surface area (Å²) in [6, 6.07) is 6.99. The van der Waals surface area contributed by atoms with Crippen LogP contribution in [0.15, 0.2) is 18.2 Å². The maximum absolute atomic E-state index is 10.1. The van der Waals surface area contributed by atoms with E-state index in [0.717, 1.165) is 0 Å². The molecule has 98 valence electrons. The zero-order valence-electron chi connectivity index (χ0n) is 11.2. The van der Waals surface area contributed by atoms with Gasteiger partial charge in [0.1, 0.15) is 18.1 Å². The molecule has 1 N–H and O–H groups in total. The van der Waals surface area contributed by atoms with E-state index < -0.39 is 5.60 Å². The topological polar surface area (TPSA) is 62.5 Å². The minimum atomic E-state index is -0.907. The molecule has 0 saturated carbocycles. The molecular weight excluding hydrogens is 230 g/mol. The molecule has 0 aliphatic heterocycles. The molecule has 18 heavy (non-hydrogen) atoms. The molecule has 1 rings (SSSR count). The standard InChI is InChI=1S/C14H19NO3/c1-10(2)14(3,16)9-18-13-6-11(8-15)5-12(7-13)17-4/h5-7,10,16H,9H2,1-4H3. The third kappa shape index (κ3) is 3.64. The smallest absolute Gasteiger partial charge is 0.124 e. The average Bonchev–Trinajstić information content (AvgIpc) is 2.35. The van der Waals surface area contributed by atoms with Crippen LogP contribution in [0.5, 0.6) is 11.5 Å². The summed E-state index contributed by atoms with van der Waals surface area (Å²) in [5, 5.41) is 19.0. The SMILES string of the molecule is COc1cc(C#N)cc(OCC(C)(O)C(C)C)c1. The Morgan fingerprint density at radius 2 is 1.94 bits per heavy atom. The van der Waals surface area contributed by atoms with E-state index >= 15 is 0 Å². The summed E-state index contributed by atoms with van der Waals surface area (Å²) in [6.07, 6.45) is 0. The highest BCUT2D eigenvalue weighted by Gasteiger charge is 2.25. The molecule has 1 aromatic rings. The number of nitriles is 1. The van der Waals surface area contributed by atoms with Gasteiger partial charge in [0, 0.05) is 6.07 Å². The molecule has 4 nitrogen and oxygen atoms in total. The van der Waals surface area contributed by atoms with Crippen LogP contribution in [0, 0.1) is 17.2 Å². The molecule has 0 aliphatic carbocycles. The summed E-state index contributed by atoms with van der Waals surface area (Å²) in [5.41, 5.74) is -0.441. The fourth-order valence-corrected chi connectivity index (χ4v) is 1.23. The normalized spacial score (nSPS) is 13.8. The fraction of sp³-hybridized carbons (Fsp3) is 0.500. The predicted molar refractivity (Wildman–Crippen MR) is 68.7 cm³/mol. The second-order valence-corrected chi connectivity index (χ2v) is 4.81. The molecule has 0 aliphatic rings. The molecule has 0 heterocycles. The number of ether oxygens (including phenoxy) is 2. The van der Waals surface area contributed by atoms with Crippen molar-refractivity contribution in [3.05, 3.63) is 23.8 Å². The molecule has 1 atom stereocenters. The quantitative estimate of drug-likeness (QED) is 0.870. The Balaban J connectivity index is 2.82. The maximum Gasteiger partial charge on any atom is 0.124 e. The van der Waals surface area contributed by atoms with Gasteiger partial charge < -0.3 is 14.6 Å². The highest BCUT2D eigenvalue weighted by molar-refractivity contribution is 5.43. The van der Waals surface area contributed by atoms with Crippen molar-refractivity contribution in [3.63, 3.8) is 0 Å². The van der Waals surface area contributed by atoms with Crippen LogP contribution in [0.3, 0.4) is 0 Å². The average molecular weight is 249 g/mol. The van der Waals surface area contributed by atoms with E-state index in [2.05, 4.69) is 0 Å². The Morgan fingerprint density at radius 1 is 1.33 bits per heavy atom. The van der Waals surface area contributed by atoms with Crippen LogP contribution in [0.1, 0.15) is 26.3 Å². The van der Waals surface area contributed by atoms with E-state index in [1.54, 1.807) is 25.1 Å². The summed E-state index contributed by atoms with van der Waals surface area (Å²) in [5.74, 6) is 1.17. The van der Waals surface area contributed by atoms with Crippen LogP contribution in [-0.2, 0) is 0 Å². The molecule has 0 fully saturated rings. The van der Waals surface area contributed by atoms with Crippen molar-refractivity contribution in [1.29, 1.82) is 5.26 Å².